The van der Waals surface area contributed by atoms with Crippen LogP contribution in [0.15, 0.2) is 47.4 Å². The van der Waals surface area contributed by atoms with Gasteiger partial charge in [0.05, 0.1) is 0 Å². The van der Waals surface area contributed by atoms with E-state index in [4.69, 9.17) is 4.98 Å². The number of hydrogen-bond acceptors (Lipinski definition) is 5. The largest absolute Gasteiger partial charge is 0.354 e. The maximum absolute atomic E-state index is 13.9. The minimum absolute atomic E-state index is 0.129. The van der Waals surface area contributed by atoms with Crippen molar-refractivity contribution in [3.63, 3.8) is 0 Å². The molecule has 3 heterocycles. The molecule has 2 aromatic heterocycles. The molecule has 1 atom stereocenters. The maximum atomic E-state index is 13.9. The first-order chi connectivity index (χ1) is 20.6. The number of fused-ring (bicyclic) bond motifs is 1. The van der Waals surface area contributed by atoms with Gasteiger partial charge in [0.15, 0.2) is 0 Å². The Morgan fingerprint density at radius 2 is 1.79 bits per heavy atom. The molecule has 0 bridgehead atoms. The molecule has 0 radical (unpaired) electrons. The number of aryl methyl sites for hydroxylation is 2. The summed E-state index contributed by atoms with van der Waals surface area (Å²) in [6.07, 6.45) is 5.96. The highest BCUT2D eigenvalue weighted by atomic mass is 16.1. The second-order valence-corrected chi connectivity index (χ2v) is 12.8. The van der Waals surface area contributed by atoms with E-state index in [1.807, 2.05) is 25.3 Å². The smallest absolute Gasteiger partial charge is 0.253 e. The van der Waals surface area contributed by atoms with Gasteiger partial charge in [-0.2, -0.15) is 0 Å². The Morgan fingerprint density at radius 1 is 1.05 bits per heavy atom. The van der Waals surface area contributed by atoms with E-state index in [2.05, 4.69) is 85.9 Å². The molecule has 43 heavy (non-hydrogen) atoms. The van der Waals surface area contributed by atoms with Crippen LogP contribution in [0.4, 0.5) is 5.82 Å². The summed E-state index contributed by atoms with van der Waals surface area (Å²) in [7, 11) is 0. The van der Waals surface area contributed by atoms with Crippen molar-refractivity contribution in [3.8, 4) is 11.1 Å². The molecule has 5 rings (SSSR count). The van der Waals surface area contributed by atoms with Gasteiger partial charge in [0.2, 0.25) is 0 Å². The zero-order valence-electron chi connectivity index (χ0n) is 26.9. The lowest BCUT2D eigenvalue weighted by Crippen LogP contribution is -2.49. The summed E-state index contributed by atoms with van der Waals surface area (Å²) < 4.78 is 0. The molecule has 7 heteroatoms. The fraction of sp³-hybridized carbons (Fsp3) is 0.472. The van der Waals surface area contributed by atoms with Crippen LogP contribution >= 0.6 is 0 Å². The van der Waals surface area contributed by atoms with Gasteiger partial charge in [0.1, 0.15) is 5.82 Å². The van der Waals surface area contributed by atoms with Crippen LogP contribution in [0.2, 0.25) is 0 Å². The molecule has 1 amide bonds. The van der Waals surface area contributed by atoms with Gasteiger partial charge < -0.3 is 15.2 Å². The number of nitrogens with one attached hydrogen (secondary N) is 2. The number of carbonyl (C=O) groups excluding carboxylic acids is 1. The molecule has 1 aliphatic carbocycles. The number of anilines is 1. The molecule has 1 fully saturated rings. The van der Waals surface area contributed by atoms with Crippen LogP contribution in [-0.4, -0.2) is 53.0 Å². The summed E-state index contributed by atoms with van der Waals surface area (Å²) in [5.41, 5.74) is 8.30. The second kappa shape index (κ2) is 12.9. The average Bonchev–Trinajstić information content (AvgIpc) is 3.33. The first kappa shape index (κ1) is 30.7. The Morgan fingerprint density at radius 3 is 2.42 bits per heavy atom. The predicted molar refractivity (Wildman–Crippen MR) is 177 cm³/mol. The van der Waals surface area contributed by atoms with Crippen molar-refractivity contribution in [2.75, 3.05) is 31.1 Å². The molecular weight excluding hydrogens is 534 g/mol. The first-order valence-corrected chi connectivity index (χ1v) is 15.9. The van der Waals surface area contributed by atoms with E-state index >= 15 is 0 Å². The molecule has 0 spiro atoms. The second-order valence-electron chi connectivity index (χ2n) is 12.8. The topological polar surface area (TPSA) is 81.3 Å². The lowest BCUT2D eigenvalue weighted by Gasteiger charge is -2.37. The Bertz CT molecular complexity index is 1560. The van der Waals surface area contributed by atoms with E-state index in [0.717, 1.165) is 78.4 Å². The number of benzene rings is 1. The van der Waals surface area contributed by atoms with Gasteiger partial charge in [0.25, 0.3) is 11.5 Å². The lowest BCUT2D eigenvalue weighted by molar-refractivity contribution is 0.0950. The fourth-order valence-corrected chi connectivity index (χ4v) is 6.65. The maximum Gasteiger partial charge on any atom is 0.253 e. The highest BCUT2D eigenvalue weighted by Crippen LogP contribution is 2.43. The van der Waals surface area contributed by atoms with E-state index in [1.165, 1.54) is 5.56 Å². The molecule has 1 aliphatic heterocycles. The third-order valence-corrected chi connectivity index (χ3v) is 9.07. The van der Waals surface area contributed by atoms with Crippen LogP contribution in [0.25, 0.3) is 16.7 Å². The first-order valence-electron chi connectivity index (χ1n) is 15.9. The quantitative estimate of drug-likeness (QED) is 0.309. The van der Waals surface area contributed by atoms with Crippen molar-refractivity contribution >= 4 is 17.3 Å². The van der Waals surface area contributed by atoms with Crippen LogP contribution in [0.1, 0.15) is 92.2 Å². The van der Waals surface area contributed by atoms with Crippen molar-refractivity contribution in [1.82, 2.24) is 20.2 Å². The van der Waals surface area contributed by atoms with Crippen molar-refractivity contribution in [3.05, 3.63) is 86.5 Å². The highest BCUT2D eigenvalue weighted by Gasteiger charge is 2.29. The number of aromatic amines is 1. The fourth-order valence-electron chi connectivity index (χ4n) is 6.65. The normalized spacial score (nSPS) is 17.0. The molecular formula is C36H47N5O2. The minimum Gasteiger partial charge on any atom is -0.354 e. The van der Waals surface area contributed by atoms with Crippen LogP contribution in [0, 0.1) is 12.8 Å². The lowest BCUT2D eigenvalue weighted by atomic mass is 9.86. The summed E-state index contributed by atoms with van der Waals surface area (Å²) in [5.74, 6) is 1.47. The van der Waals surface area contributed by atoms with Crippen molar-refractivity contribution < 1.29 is 4.79 Å². The molecule has 1 saturated heterocycles. The minimum atomic E-state index is -0.162. The Labute approximate surface area is 256 Å². The van der Waals surface area contributed by atoms with Crippen LogP contribution in [-0.2, 0) is 13.0 Å². The summed E-state index contributed by atoms with van der Waals surface area (Å²) in [6.45, 7) is 19.3. The number of carbonyl (C=O) groups is 1. The van der Waals surface area contributed by atoms with Gasteiger partial charge in [-0.05, 0) is 98.2 Å². The molecule has 1 unspecified atom stereocenters. The molecule has 7 nitrogen and oxygen atoms in total. The van der Waals surface area contributed by atoms with E-state index in [9.17, 15) is 9.59 Å². The van der Waals surface area contributed by atoms with Gasteiger partial charge in [-0.3, -0.25) is 14.5 Å². The monoisotopic (exact) mass is 581 g/mol. The number of hydrogen-bond donors (Lipinski definition) is 2. The van der Waals surface area contributed by atoms with Crippen LogP contribution in [0.5, 0.6) is 0 Å². The average molecular weight is 582 g/mol. The molecule has 228 valence electrons. The Kier molecular flexibility index (Phi) is 9.21. The van der Waals surface area contributed by atoms with Gasteiger partial charge >= 0.3 is 0 Å². The van der Waals surface area contributed by atoms with Gasteiger partial charge in [-0.1, -0.05) is 33.3 Å². The number of amides is 1. The molecule has 2 aliphatic rings. The van der Waals surface area contributed by atoms with E-state index in [0.29, 0.717) is 23.1 Å². The summed E-state index contributed by atoms with van der Waals surface area (Å²) in [5, 5.41) is 3.10. The molecule has 2 N–H and O–H groups in total. The summed E-state index contributed by atoms with van der Waals surface area (Å²) >= 11 is 0. The third kappa shape index (κ3) is 6.47. The Balaban J connectivity index is 1.45. The van der Waals surface area contributed by atoms with E-state index < -0.39 is 0 Å². The number of aromatic nitrogens is 2. The number of nitrogens with zero attached hydrogens (tertiary/aromatic N) is 3. The van der Waals surface area contributed by atoms with Crippen LogP contribution in [0.3, 0.4) is 0 Å². The summed E-state index contributed by atoms with van der Waals surface area (Å²) in [4.78, 5) is 39.4. The van der Waals surface area contributed by atoms with Gasteiger partial charge in [0, 0.05) is 73.3 Å². The zero-order valence-corrected chi connectivity index (χ0v) is 26.9. The number of pyridine rings is 2. The van der Waals surface area contributed by atoms with Crippen molar-refractivity contribution in [2.24, 2.45) is 5.92 Å². The zero-order chi connectivity index (χ0) is 30.8. The van der Waals surface area contributed by atoms with E-state index in [-0.39, 0.29) is 23.9 Å². The number of H-pyrrole nitrogens is 1. The molecule has 1 aromatic carbocycles. The van der Waals surface area contributed by atoms with Gasteiger partial charge in [-0.25, -0.2) is 4.98 Å². The standard InChI is InChI=1S/C36H47N5O2/c1-8-9-26-17-25(7)39-36(43)32(26)21-38-35(42)31-19-28(18-30-29(22(2)3)16-24(6)34(30)31)27-10-11-33(37-20-27)41-14-12-40(13-15-41)23(4)5/h10-11,16-20,22-23,29H,8-9,12-15,21H2,1-7H3,(H,38,42)(H,39,43). The number of piperazine rings is 1. The highest BCUT2D eigenvalue weighted by molar-refractivity contribution is 6.02. The number of allylic oxidation sites excluding steroid dienone is 2. The molecule has 0 saturated carbocycles. The number of rotatable bonds is 9. The van der Waals surface area contributed by atoms with Gasteiger partial charge in [-0.15, -0.1) is 0 Å². The molecule has 3 aromatic rings. The van der Waals surface area contributed by atoms with Crippen molar-refractivity contribution in [2.45, 2.75) is 79.8 Å². The van der Waals surface area contributed by atoms with E-state index in [1.54, 1.807) is 0 Å². The third-order valence-electron chi connectivity index (χ3n) is 9.07. The predicted octanol–water partition coefficient (Wildman–Crippen LogP) is 6.31. The van der Waals surface area contributed by atoms with Crippen LogP contribution < -0.4 is 15.8 Å². The van der Waals surface area contributed by atoms with Crippen molar-refractivity contribution in [1.29, 1.82) is 0 Å². The summed E-state index contributed by atoms with van der Waals surface area (Å²) in [6, 6.07) is 11.1. The SMILES string of the molecule is CCCc1cc(C)[nH]c(=O)c1CNC(=O)c1cc(-c2ccc(N3CCN(C(C)C)CC3)nc2)cc2c1C(C)=CC2C(C)C. The Hall–Kier alpha value is -3.71.